The third-order valence-corrected chi connectivity index (χ3v) is 4.50. The summed E-state index contributed by atoms with van der Waals surface area (Å²) in [7, 11) is 0. The van der Waals surface area contributed by atoms with Crippen LogP contribution in [0.15, 0.2) is 66.7 Å². The van der Waals surface area contributed by atoms with E-state index >= 15 is 0 Å². The van der Waals surface area contributed by atoms with Crippen LogP contribution in [0.1, 0.15) is 24.1 Å². The molecule has 3 rings (SSSR count). The predicted molar refractivity (Wildman–Crippen MR) is 98.6 cm³/mol. The highest BCUT2D eigenvalue weighted by molar-refractivity contribution is 5.92. The molecule has 4 nitrogen and oxygen atoms in total. The quantitative estimate of drug-likeness (QED) is 0.809. The smallest absolute Gasteiger partial charge is 0.246 e. The lowest BCUT2D eigenvalue weighted by molar-refractivity contribution is -0.139. The third kappa shape index (κ3) is 4.15. The van der Waals surface area contributed by atoms with Crippen molar-refractivity contribution in [2.24, 2.45) is 0 Å². The van der Waals surface area contributed by atoms with Crippen LogP contribution in [-0.2, 0) is 9.59 Å². The van der Waals surface area contributed by atoms with Gasteiger partial charge in [-0.25, -0.2) is 0 Å². The average Bonchev–Trinajstić information content (AvgIpc) is 2.67. The average molecular weight is 334 g/mol. The first kappa shape index (κ1) is 17.0. The zero-order chi connectivity index (χ0) is 17.6. The van der Waals surface area contributed by atoms with E-state index in [2.05, 4.69) is 0 Å². The number of benzene rings is 2. The Morgan fingerprint density at radius 1 is 0.960 bits per heavy atom. The van der Waals surface area contributed by atoms with Crippen molar-refractivity contribution in [1.82, 2.24) is 9.80 Å². The lowest BCUT2D eigenvalue weighted by Crippen LogP contribution is -2.51. The van der Waals surface area contributed by atoms with Crippen molar-refractivity contribution in [3.8, 4) is 0 Å². The molecule has 0 bridgehead atoms. The summed E-state index contributed by atoms with van der Waals surface area (Å²) in [6.45, 7) is 3.21. The summed E-state index contributed by atoms with van der Waals surface area (Å²) in [5.74, 6) is 0.0220. The summed E-state index contributed by atoms with van der Waals surface area (Å²) >= 11 is 0. The fraction of sp³-hybridized carbons (Fsp3) is 0.238. The summed E-state index contributed by atoms with van der Waals surface area (Å²) in [5.41, 5.74) is 2.06. The topological polar surface area (TPSA) is 40.6 Å². The fourth-order valence-electron chi connectivity index (χ4n) is 3.16. The number of carbonyl (C=O) groups excluding carboxylic acids is 2. The van der Waals surface area contributed by atoms with Gasteiger partial charge in [0.25, 0.3) is 0 Å². The molecule has 0 aliphatic carbocycles. The van der Waals surface area contributed by atoms with Gasteiger partial charge < -0.3 is 9.80 Å². The number of hydrogen-bond donors (Lipinski definition) is 0. The molecule has 0 N–H and O–H groups in total. The van der Waals surface area contributed by atoms with Gasteiger partial charge in [0.05, 0.1) is 6.04 Å². The molecule has 2 amide bonds. The van der Waals surface area contributed by atoms with Crippen LogP contribution >= 0.6 is 0 Å². The van der Waals surface area contributed by atoms with Crippen LogP contribution in [0.2, 0.25) is 0 Å². The zero-order valence-corrected chi connectivity index (χ0v) is 14.3. The SMILES string of the molecule is CC(=O)N1CCN(C(=O)/C=C/c2ccccc2)C[C@@H]1c1ccccc1. The van der Waals surface area contributed by atoms with Crippen LogP contribution in [0.4, 0.5) is 0 Å². The first-order chi connectivity index (χ1) is 12.1. The molecule has 0 radical (unpaired) electrons. The Balaban J connectivity index is 1.74. The highest BCUT2D eigenvalue weighted by Crippen LogP contribution is 2.25. The van der Waals surface area contributed by atoms with E-state index in [4.69, 9.17) is 0 Å². The molecular formula is C21H22N2O2. The van der Waals surface area contributed by atoms with E-state index < -0.39 is 0 Å². The normalized spacial score (nSPS) is 17.7. The zero-order valence-electron chi connectivity index (χ0n) is 14.3. The molecule has 1 atom stereocenters. The van der Waals surface area contributed by atoms with Crippen molar-refractivity contribution in [1.29, 1.82) is 0 Å². The minimum absolute atomic E-state index is 0.0204. The molecule has 1 aliphatic heterocycles. The maximum Gasteiger partial charge on any atom is 0.246 e. The molecular weight excluding hydrogens is 312 g/mol. The van der Waals surface area contributed by atoms with Gasteiger partial charge in [-0.1, -0.05) is 60.7 Å². The predicted octanol–water partition coefficient (Wildman–Crippen LogP) is 3.13. The highest BCUT2D eigenvalue weighted by Gasteiger charge is 2.31. The van der Waals surface area contributed by atoms with Gasteiger partial charge in [-0.05, 0) is 17.2 Å². The number of amides is 2. The van der Waals surface area contributed by atoms with E-state index in [0.29, 0.717) is 19.6 Å². The van der Waals surface area contributed by atoms with Gasteiger partial charge >= 0.3 is 0 Å². The number of piperazine rings is 1. The third-order valence-electron chi connectivity index (χ3n) is 4.50. The molecule has 0 aromatic heterocycles. The van der Waals surface area contributed by atoms with E-state index in [-0.39, 0.29) is 17.9 Å². The second kappa shape index (κ2) is 7.79. The fourth-order valence-corrected chi connectivity index (χ4v) is 3.16. The van der Waals surface area contributed by atoms with Gasteiger partial charge in [0, 0.05) is 32.6 Å². The van der Waals surface area contributed by atoms with Gasteiger partial charge in [-0.3, -0.25) is 9.59 Å². The minimum Gasteiger partial charge on any atom is -0.335 e. The molecule has 1 heterocycles. The van der Waals surface area contributed by atoms with E-state index in [1.807, 2.05) is 76.5 Å². The molecule has 1 aliphatic rings. The Morgan fingerprint density at radius 3 is 2.24 bits per heavy atom. The number of carbonyl (C=O) groups is 2. The molecule has 0 saturated carbocycles. The number of hydrogen-bond acceptors (Lipinski definition) is 2. The maximum absolute atomic E-state index is 12.6. The summed E-state index contributed by atoms with van der Waals surface area (Å²) in [5, 5.41) is 0. The first-order valence-corrected chi connectivity index (χ1v) is 8.49. The van der Waals surface area contributed by atoms with E-state index in [9.17, 15) is 9.59 Å². The van der Waals surface area contributed by atoms with Crippen LogP contribution in [-0.4, -0.2) is 41.2 Å². The summed E-state index contributed by atoms with van der Waals surface area (Å²) in [6, 6.07) is 19.6. The van der Waals surface area contributed by atoms with Crippen LogP contribution in [0.5, 0.6) is 0 Å². The van der Waals surface area contributed by atoms with Crippen molar-refractivity contribution in [2.45, 2.75) is 13.0 Å². The van der Waals surface area contributed by atoms with Crippen molar-refractivity contribution in [3.05, 3.63) is 77.9 Å². The minimum atomic E-state index is -0.0958. The Labute approximate surface area is 148 Å². The number of nitrogens with zero attached hydrogens (tertiary/aromatic N) is 2. The largest absolute Gasteiger partial charge is 0.335 e. The second-order valence-electron chi connectivity index (χ2n) is 6.17. The van der Waals surface area contributed by atoms with E-state index in [0.717, 1.165) is 11.1 Å². The van der Waals surface area contributed by atoms with Gasteiger partial charge in [0.15, 0.2) is 0 Å². The van der Waals surface area contributed by atoms with Gasteiger partial charge in [0.2, 0.25) is 11.8 Å². The Hall–Kier alpha value is -2.88. The molecule has 25 heavy (non-hydrogen) atoms. The Morgan fingerprint density at radius 2 is 1.60 bits per heavy atom. The second-order valence-corrected chi connectivity index (χ2v) is 6.17. The van der Waals surface area contributed by atoms with Crippen molar-refractivity contribution >= 4 is 17.9 Å². The summed E-state index contributed by atoms with van der Waals surface area (Å²) < 4.78 is 0. The number of rotatable bonds is 3. The maximum atomic E-state index is 12.6. The summed E-state index contributed by atoms with van der Waals surface area (Å²) in [6.07, 6.45) is 3.44. The molecule has 2 aromatic carbocycles. The van der Waals surface area contributed by atoms with Crippen LogP contribution in [0.25, 0.3) is 6.08 Å². The molecule has 1 saturated heterocycles. The monoisotopic (exact) mass is 334 g/mol. The van der Waals surface area contributed by atoms with Crippen molar-refractivity contribution in [2.75, 3.05) is 19.6 Å². The van der Waals surface area contributed by atoms with Crippen LogP contribution in [0.3, 0.4) is 0 Å². The van der Waals surface area contributed by atoms with Crippen molar-refractivity contribution < 1.29 is 9.59 Å². The molecule has 128 valence electrons. The molecule has 1 fully saturated rings. The van der Waals surface area contributed by atoms with Crippen molar-refractivity contribution in [3.63, 3.8) is 0 Å². The van der Waals surface area contributed by atoms with Gasteiger partial charge in [-0.15, -0.1) is 0 Å². The Bertz CT molecular complexity index is 756. The van der Waals surface area contributed by atoms with E-state index in [1.54, 1.807) is 13.0 Å². The lowest BCUT2D eigenvalue weighted by atomic mass is 10.0. The highest BCUT2D eigenvalue weighted by atomic mass is 16.2. The molecule has 0 spiro atoms. The van der Waals surface area contributed by atoms with Crippen LogP contribution < -0.4 is 0 Å². The van der Waals surface area contributed by atoms with Gasteiger partial charge in [0.1, 0.15) is 0 Å². The van der Waals surface area contributed by atoms with Gasteiger partial charge in [-0.2, -0.15) is 0 Å². The lowest BCUT2D eigenvalue weighted by Gasteiger charge is -2.41. The molecule has 2 aromatic rings. The summed E-state index contributed by atoms with van der Waals surface area (Å²) in [4.78, 5) is 28.2. The molecule has 0 unspecified atom stereocenters. The van der Waals surface area contributed by atoms with Crippen LogP contribution in [0, 0.1) is 0 Å². The first-order valence-electron chi connectivity index (χ1n) is 8.49. The standard InChI is InChI=1S/C21H22N2O2/c1-17(24)23-15-14-22(16-20(23)19-10-6-3-7-11-19)21(25)13-12-18-8-4-2-5-9-18/h2-13,20H,14-16H2,1H3/b13-12+/t20-/m1/s1. The van der Waals surface area contributed by atoms with E-state index in [1.165, 1.54) is 0 Å². The Kier molecular flexibility index (Phi) is 5.29. The molecule has 4 heteroatoms.